The Morgan fingerprint density at radius 3 is 2.68 bits per heavy atom. The summed E-state index contributed by atoms with van der Waals surface area (Å²) in [6.45, 7) is 4.24. The maximum Gasteiger partial charge on any atom is 0.317 e. The Kier molecular flexibility index (Phi) is 3.78. The molecule has 118 valence electrons. The van der Waals surface area contributed by atoms with Crippen LogP contribution < -0.4 is 5.32 Å². The summed E-state index contributed by atoms with van der Waals surface area (Å²) in [6, 6.07) is 9.41. The minimum atomic E-state index is 0.120. The van der Waals surface area contributed by atoms with Gasteiger partial charge < -0.3 is 10.2 Å². The Morgan fingerprint density at radius 1 is 1.09 bits per heavy atom. The van der Waals surface area contributed by atoms with Gasteiger partial charge in [0, 0.05) is 19.1 Å². The molecule has 2 saturated heterocycles. The van der Waals surface area contributed by atoms with Gasteiger partial charge >= 0.3 is 6.03 Å². The van der Waals surface area contributed by atoms with Crippen LogP contribution in [-0.4, -0.2) is 48.1 Å². The number of hydrogen-bond donors (Lipinski definition) is 1. The number of piperidine rings is 1. The number of carbonyl (C=O) groups is 1. The van der Waals surface area contributed by atoms with Crippen molar-refractivity contribution in [2.24, 2.45) is 0 Å². The average molecular weight is 299 g/mol. The van der Waals surface area contributed by atoms with Crippen LogP contribution in [0.2, 0.25) is 0 Å². The van der Waals surface area contributed by atoms with Crippen LogP contribution in [0.1, 0.15) is 42.9 Å². The first kappa shape index (κ1) is 14.1. The maximum absolute atomic E-state index is 12.4. The summed E-state index contributed by atoms with van der Waals surface area (Å²) in [6.07, 6.45) is 6.13. The van der Waals surface area contributed by atoms with E-state index in [-0.39, 0.29) is 12.1 Å². The first-order valence-electron chi connectivity index (χ1n) is 8.68. The summed E-state index contributed by atoms with van der Waals surface area (Å²) in [5.74, 6) is 0. The van der Waals surface area contributed by atoms with Crippen LogP contribution in [0, 0.1) is 0 Å². The summed E-state index contributed by atoms with van der Waals surface area (Å²) in [5.41, 5.74) is 2.70. The van der Waals surface area contributed by atoms with E-state index in [2.05, 4.69) is 34.5 Å². The molecule has 0 saturated carbocycles. The molecule has 2 amide bonds. The zero-order valence-corrected chi connectivity index (χ0v) is 13.1. The van der Waals surface area contributed by atoms with E-state index in [4.69, 9.17) is 0 Å². The molecule has 4 nitrogen and oxygen atoms in total. The molecule has 0 unspecified atom stereocenters. The minimum Gasteiger partial charge on any atom is -0.331 e. The maximum atomic E-state index is 12.4. The third-order valence-corrected chi connectivity index (χ3v) is 5.49. The predicted octanol–water partition coefficient (Wildman–Crippen LogP) is 2.55. The fraction of sp³-hybridized carbons (Fsp3) is 0.611. The number of fused-ring (bicyclic) bond motifs is 1. The summed E-state index contributed by atoms with van der Waals surface area (Å²) in [5, 5.41) is 3.23. The zero-order valence-electron chi connectivity index (χ0n) is 13.1. The molecule has 2 aliphatic heterocycles. The number of hydrogen-bond acceptors (Lipinski definition) is 2. The largest absolute Gasteiger partial charge is 0.331 e. The molecule has 2 heterocycles. The molecule has 1 aliphatic carbocycles. The number of urea groups is 1. The standard InChI is InChI=1S/C18H25N3O/c22-18(19-17-9-8-14-6-2-3-7-16(14)17)21-12-15(13-21)20-10-4-1-5-11-20/h2-3,6-7,15,17H,1,4-5,8-13H2,(H,19,22)/t17-/m1/s1. The van der Waals surface area contributed by atoms with Gasteiger partial charge in [-0.15, -0.1) is 0 Å². The van der Waals surface area contributed by atoms with Gasteiger partial charge in [0.15, 0.2) is 0 Å². The van der Waals surface area contributed by atoms with Crippen LogP contribution in [0.4, 0.5) is 4.79 Å². The lowest BCUT2D eigenvalue weighted by atomic mass is 10.0. The molecule has 1 N–H and O–H groups in total. The molecule has 0 radical (unpaired) electrons. The van der Waals surface area contributed by atoms with Crippen LogP contribution >= 0.6 is 0 Å². The molecular formula is C18H25N3O. The second-order valence-electron chi connectivity index (χ2n) is 6.90. The lowest BCUT2D eigenvalue weighted by Gasteiger charge is -2.46. The Balaban J connectivity index is 1.29. The van der Waals surface area contributed by atoms with Crippen LogP contribution in [-0.2, 0) is 6.42 Å². The molecule has 0 aromatic heterocycles. The quantitative estimate of drug-likeness (QED) is 0.911. The van der Waals surface area contributed by atoms with Gasteiger partial charge in [-0.1, -0.05) is 30.7 Å². The van der Waals surface area contributed by atoms with Crippen LogP contribution in [0.25, 0.3) is 0 Å². The van der Waals surface area contributed by atoms with E-state index >= 15 is 0 Å². The first-order valence-corrected chi connectivity index (χ1v) is 8.68. The highest BCUT2D eigenvalue weighted by Gasteiger charge is 2.36. The second-order valence-corrected chi connectivity index (χ2v) is 6.90. The van der Waals surface area contributed by atoms with Gasteiger partial charge in [-0.2, -0.15) is 0 Å². The number of nitrogens with one attached hydrogen (secondary N) is 1. The summed E-state index contributed by atoms with van der Waals surface area (Å²) in [4.78, 5) is 17.0. The van der Waals surface area contributed by atoms with Gasteiger partial charge in [0.25, 0.3) is 0 Å². The van der Waals surface area contributed by atoms with Gasteiger partial charge in [-0.3, -0.25) is 4.90 Å². The van der Waals surface area contributed by atoms with Crippen molar-refractivity contribution in [1.29, 1.82) is 0 Å². The highest BCUT2D eigenvalue weighted by molar-refractivity contribution is 5.76. The highest BCUT2D eigenvalue weighted by atomic mass is 16.2. The molecule has 0 bridgehead atoms. The normalized spacial score (nSPS) is 25.6. The van der Waals surface area contributed by atoms with Crippen LogP contribution in [0.15, 0.2) is 24.3 Å². The molecule has 2 fully saturated rings. The van der Waals surface area contributed by atoms with Crippen molar-refractivity contribution in [2.45, 2.75) is 44.2 Å². The van der Waals surface area contributed by atoms with Gasteiger partial charge in [-0.25, -0.2) is 4.79 Å². The summed E-state index contributed by atoms with van der Waals surface area (Å²) < 4.78 is 0. The monoisotopic (exact) mass is 299 g/mol. The van der Waals surface area contributed by atoms with E-state index in [1.165, 1.54) is 43.5 Å². The van der Waals surface area contributed by atoms with Gasteiger partial charge in [0.2, 0.25) is 0 Å². The molecule has 1 aromatic rings. The molecule has 1 atom stereocenters. The first-order chi connectivity index (χ1) is 10.8. The van der Waals surface area contributed by atoms with E-state index in [0.29, 0.717) is 6.04 Å². The fourth-order valence-electron chi connectivity index (χ4n) is 4.08. The molecule has 1 aromatic carbocycles. The third-order valence-electron chi connectivity index (χ3n) is 5.49. The predicted molar refractivity (Wildman–Crippen MR) is 86.8 cm³/mol. The highest BCUT2D eigenvalue weighted by Crippen LogP contribution is 2.31. The zero-order chi connectivity index (χ0) is 14.9. The Morgan fingerprint density at radius 2 is 1.86 bits per heavy atom. The van der Waals surface area contributed by atoms with Crippen molar-refractivity contribution >= 4 is 6.03 Å². The Labute approximate surface area is 132 Å². The lowest BCUT2D eigenvalue weighted by Crippen LogP contribution is -2.63. The topological polar surface area (TPSA) is 35.6 Å². The van der Waals surface area contributed by atoms with Crippen molar-refractivity contribution in [2.75, 3.05) is 26.2 Å². The van der Waals surface area contributed by atoms with E-state index < -0.39 is 0 Å². The van der Waals surface area contributed by atoms with Crippen molar-refractivity contribution < 1.29 is 4.79 Å². The van der Waals surface area contributed by atoms with Crippen molar-refractivity contribution in [3.8, 4) is 0 Å². The minimum absolute atomic E-state index is 0.120. The lowest BCUT2D eigenvalue weighted by molar-refractivity contribution is 0.0442. The van der Waals surface area contributed by atoms with Crippen LogP contribution in [0.5, 0.6) is 0 Å². The van der Waals surface area contributed by atoms with Gasteiger partial charge in [-0.05, 0) is 49.9 Å². The molecule has 4 rings (SSSR count). The third kappa shape index (κ3) is 2.60. The molecule has 22 heavy (non-hydrogen) atoms. The molecular weight excluding hydrogens is 274 g/mol. The van der Waals surface area contributed by atoms with E-state index in [1.807, 2.05) is 4.90 Å². The number of amides is 2. The van der Waals surface area contributed by atoms with E-state index in [0.717, 1.165) is 25.9 Å². The Bertz CT molecular complexity index is 547. The summed E-state index contributed by atoms with van der Waals surface area (Å²) in [7, 11) is 0. The molecule has 4 heteroatoms. The van der Waals surface area contributed by atoms with E-state index in [1.54, 1.807) is 0 Å². The van der Waals surface area contributed by atoms with Crippen LogP contribution in [0.3, 0.4) is 0 Å². The number of benzene rings is 1. The Hall–Kier alpha value is -1.55. The van der Waals surface area contributed by atoms with Crippen molar-refractivity contribution in [3.05, 3.63) is 35.4 Å². The SMILES string of the molecule is O=C(N[C@@H]1CCc2ccccc21)N1CC(N2CCCCC2)C1. The molecule has 3 aliphatic rings. The van der Waals surface area contributed by atoms with Gasteiger partial charge in [0.1, 0.15) is 0 Å². The molecule has 0 spiro atoms. The smallest absolute Gasteiger partial charge is 0.317 e. The van der Waals surface area contributed by atoms with E-state index in [9.17, 15) is 4.79 Å². The summed E-state index contributed by atoms with van der Waals surface area (Å²) >= 11 is 0. The number of rotatable bonds is 2. The second kappa shape index (κ2) is 5.92. The number of nitrogens with zero attached hydrogens (tertiary/aromatic N) is 2. The fourth-order valence-corrected chi connectivity index (χ4v) is 4.08. The van der Waals surface area contributed by atoms with Crippen molar-refractivity contribution in [1.82, 2.24) is 15.1 Å². The van der Waals surface area contributed by atoms with Crippen molar-refractivity contribution in [3.63, 3.8) is 0 Å². The number of aryl methyl sites for hydroxylation is 1. The number of carbonyl (C=O) groups excluding carboxylic acids is 1. The number of likely N-dealkylation sites (tertiary alicyclic amines) is 2. The van der Waals surface area contributed by atoms with Gasteiger partial charge in [0.05, 0.1) is 6.04 Å². The average Bonchev–Trinajstić information content (AvgIpc) is 2.90.